The first-order valence-corrected chi connectivity index (χ1v) is 7.53. The first-order valence-electron chi connectivity index (χ1n) is 6.36. The van der Waals surface area contributed by atoms with Gasteiger partial charge in [0.2, 0.25) is 0 Å². The summed E-state index contributed by atoms with van der Waals surface area (Å²) in [6.45, 7) is 0.161. The number of phenols is 1. The Labute approximate surface area is 139 Å². The summed E-state index contributed by atoms with van der Waals surface area (Å²) in [4.78, 5) is 11.6. The summed E-state index contributed by atoms with van der Waals surface area (Å²) in [7, 11) is 0. The summed E-state index contributed by atoms with van der Waals surface area (Å²) < 4.78 is 11.6. The summed E-state index contributed by atoms with van der Waals surface area (Å²) in [6.07, 6.45) is 0. The van der Waals surface area contributed by atoms with Gasteiger partial charge in [-0.1, -0.05) is 27.5 Å². The quantitative estimate of drug-likeness (QED) is 0.679. The Balaban J connectivity index is 1.95. The lowest BCUT2D eigenvalue weighted by atomic mass is 10.1. The molecule has 0 aliphatic heterocycles. The Bertz CT molecular complexity index is 904. The number of halogens is 2. The molecule has 0 saturated carbocycles. The molecule has 0 aliphatic carbocycles. The standard InChI is InChI=1S/C16H10BrClO4/c17-10-1-4-14(13(18)6-10)21-8-9-5-16(20)22-15-7-11(19)2-3-12(9)15/h1-7,19H,8H2. The van der Waals surface area contributed by atoms with Crippen LogP contribution in [0.1, 0.15) is 5.56 Å². The molecule has 0 amide bonds. The molecule has 0 unspecified atom stereocenters. The van der Waals surface area contributed by atoms with Gasteiger partial charge in [0.15, 0.2) is 0 Å². The molecule has 1 aromatic heterocycles. The van der Waals surface area contributed by atoms with Crippen molar-refractivity contribution in [3.05, 3.63) is 67.9 Å². The van der Waals surface area contributed by atoms with Crippen LogP contribution in [0, 0.1) is 0 Å². The first kappa shape index (κ1) is 14.9. The van der Waals surface area contributed by atoms with Gasteiger partial charge in [0.25, 0.3) is 0 Å². The number of ether oxygens (including phenoxy) is 1. The molecule has 4 nitrogen and oxygen atoms in total. The number of hydrogen-bond acceptors (Lipinski definition) is 4. The van der Waals surface area contributed by atoms with Crippen LogP contribution in [0.5, 0.6) is 11.5 Å². The molecular weight excluding hydrogens is 372 g/mol. The van der Waals surface area contributed by atoms with Gasteiger partial charge in [-0.15, -0.1) is 0 Å². The third-order valence-corrected chi connectivity index (χ3v) is 3.88. The van der Waals surface area contributed by atoms with Gasteiger partial charge in [0, 0.05) is 27.6 Å². The Hall–Kier alpha value is -1.98. The van der Waals surface area contributed by atoms with Crippen LogP contribution in [-0.4, -0.2) is 5.11 Å². The predicted molar refractivity (Wildman–Crippen MR) is 87.6 cm³/mol. The second-order valence-corrected chi connectivity index (χ2v) is 5.96. The van der Waals surface area contributed by atoms with Gasteiger partial charge in [-0.2, -0.15) is 0 Å². The molecule has 3 aromatic rings. The molecule has 1 N–H and O–H groups in total. The summed E-state index contributed by atoms with van der Waals surface area (Å²) >= 11 is 9.42. The average molecular weight is 382 g/mol. The predicted octanol–water partition coefficient (Wildman–Crippen LogP) is 4.49. The smallest absolute Gasteiger partial charge is 0.336 e. The number of benzene rings is 2. The van der Waals surface area contributed by atoms with Crippen LogP contribution in [0.25, 0.3) is 11.0 Å². The number of rotatable bonds is 3. The minimum atomic E-state index is -0.501. The van der Waals surface area contributed by atoms with Crippen molar-refractivity contribution in [3.63, 3.8) is 0 Å². The SMILES string of the molecule is O=c1cc(COc2ccc(Br)cc2Cl)c2ccc(O)cc2o1. The minimum Gasteiger partial charge on any atom is -0.508 e. The zero-order valence-corrected chi connectivity index (χ0v) is 13.5. The van der Waals surface area contributed by atoms with Gasteiger partial charge in [0.1, 0.15) is 23.7 Å². The highest BCUT2D eigenvalue weighted by Crippen LogP contribution is 2.29. The Morgan fingerprint density at radius 1 is 1.18 bits per heavy atom. The Kier molecular flexibility index (Phi) is 4.09. The zero-order chi connectivity index (χ0) is 15.7. The molecule has 1 heterocycles. The molecule has 3 rings (SSSR count). The van der Waals surface area contributed by atoms with E-state index in [-0.39, 0.29) is 12.4 Å². The van der Waals surface area contributed by atoms with Crippen LogP contribution in [0.15, 0.2) is 56.1 Å². The molecule has 0 saturated heterocycles. The average Bonchev–Trinajstić information content (AvgIpc) is 2.45. The van der Waals surface area contributed by atoms with Crippen molar-refractivity contribution < 1.29 is 14.3 Å². The Morgan fingerprint density at radius 2 is 2.00 bits per heavy atom. The van der Waals surface area contributed by atoms with E-state index in [4.69, 9.17) is 20.8 Å². The van der Waals surface area contributed by atoms with Crippen molar-refractivity contribution in [3.8, 4) is 11.5 Å². The third kappa shape index (κ3) is 3.10. The highest BCUT2D eigenvalue weighted by molar-refractivity contribution is 9.10. The molecule has 0 bridgehead atoms. The van der Waals surface area contributed by atoms with E-state index in [0.717, 1.165) is 4.47 Å². The van der Waals surface area contributed by atoms with Crippen LogP contribution >= 0.6 is 27.5 Å². The molecule has 6 heteroatoms. The first-order chi connectivity index (χ1) is 10.5. The second kappa shape index (κ2) is 6.02. The topological polar surface area (TPSA) is 59.7 Å². The Morgan fingerprint density at radius 3 is 2.77 bits per heavy atom. The number of hydrogen-bond donors (Lipinski definition) is 1. The summed E-state index contributed by atoms with van der Waals surface area (Å²) in [5, 5.41) is 10.6. The van der Waals surface area contributed by atoms with Crippen molar-refractivity contribution in [2.45, 2.75) is 6.61 Å². The summed E-state index contributed by atoms with van der Waals surface area (Å²) in [6, 6.07) is 11.3. The molecule has 0 spiro atoms. The molecule has 22 heavy (non-hydrogen) atoms. The fourth-order valence-electron chi connectivity index (χ4n) is 2.09. The lowest BCUT2D eigenvalue weighted by Crippen LogP contribution is -2.04. The molecule has 0 atom stereocenters. The zero-order valence-electron chi connectivity index (χ0n) is 11.2. The second-order valence-electron chi connectivity index (χ2n) is 4.63. The van der Waals surface area contributed by atoms with Crippen LogP contribution < -0.4 is 10.4 Å². The fourth-order valence-corrected chi connectivity index (χ4v) is 2.81. The van der Waals surface area contributed by atoms with E-state index >= 15 is 0 Å². The van der Waals surface area contributed by atoms with Crippen LogP contribution in [-0.2, 0) is 6.61 Å². The number of fused-ring (bicyclic) bond motifs is 1. The maximum absolute atomic E-state index is 11.6. The lowest BCUT2D eigenvalue weighted by molar-refractivity contribution is 0.307. The molecular formula is C16H10BrClO4. The van der Waals surface area contributed by atoms with Crippen LogP contribution in [0.2, 0.25) is 5.02 Å². The van der Waals surface area contributed by atoms with E-state index in [2.05, 4.69) is 15.9 Å². The summed E-state index contributed by atoms with van der Waals surface area (Å²) in [5.41, 5.74) is 0.469. The van der Waals surface area contributed by atoms with E-state index in [0.29, 0.717) is 27.3 Å². The third-order valence-electron chi connectivity index (χ3n) is 3.09. The normalized spacial score (nSPS) is 10.8. The van der Waals surface area contributed by atoms with Crippen LogP contribution in [0.3, 0.4) is 0 Å². The molecule has 2 aromatic carbocycles. The van der Waals surface area contributed by atoms with E-state index in [9.17, 15) is 9.90 Å². The summed E-state index contributed by atoms with van der Waals surface area (Å²) in [5.74, 6) is 0.551. The molecule has 0 radical (unpaired) electrons. The molecule has 112 valence electrons. The van der Waals surface area contributed by atoms with Crippen molar-refractivity contribution in [2.24, 2.45) is 0 Å². The van der Waals surface area contributed by atoms with Gasteiger partial charge >= 0.3 is 5.63 Å². The van der Waals surface area contributed by atoms with E-state index in [1.165, 1.54) is 18.2 Å². The van der Waals surface area contributed by atoms with Crippen LogP contribution in [0.4, 0.5) is 0 Å². The van der Waals surface area contributed by atoms with Gasteiger partial charge < -0.3 is 14.3 Å². The maximum Gasteiger partial charge on any atom is 0.336 e. The van der Waals surface area contributed by atoms with Gasteiger partial charge in [-0.3, -0.25) is 0 Å². The fraction of sp³-hybridized carbons (Fsp3) is 0.0625. The lowest BCUT2D eigenvalue weighted by Gasteiger charge is -2.10. The number of aromatic hydroxyl groups is 1. The van der Waals surface area contributed by atoms with Crippen molar-refractivity contribution in [1.29, 1.82) is 0 Å². The maximum atomic E-state index is 11.6. The van der Waals surface area contributed by atoms with E-state index in [1.807, 2.05) is 6.07 Å². The van der Waals surface area contributed by atoms with Crippen molar-refractivity contribution in [1.82, 2.24) is 0 Å². The van der Waals surface area contributed by atoms with Crippen molar-refractivity contribution >= 4 is 38.5 Å². The highest BCUT2D eigenvalue weighted by Gasteiger charge is 2.09. The highest BCUT2D eigenvalue weighted by atomic mass is 79.9. The van der Waals surface area contributed by atoms with Gasteiger partial charge in [-0.25, -0.2) is 4.79 Å². The minimum absolute atomic E-state index is 0.0321. The van der Waals surface area contributed by atoms with Gasteiger partial charge in [0.05, 0.1) is 5.02 Å². The van der Waals surface area contributed by atoms with Gasteiger partial charge in [-0.05, 0) is 30.3 Å². The monoisotopic (exact) mass is 380 g/mol. The van der Waals surface area contributed by atoms with E-state index in [1.54, 1.807) is 18.2 Å². The largest absolute Gasteiger partial charge is 0.508 e. The molecule has 0 aliphatic rings. The molecule has 0 fully saturated rings. The number of phenolic OH excluding ortho intramolecular Hbond substituents is 1. The van der Waals surface area contributed by atoms with Crippen molar-refractivity contribution in [2.75, 3.05) is 0 Å². The van der Waals surface area contributed by atoms with E-state index < -0.39 is 5.63 Å².